The Bertz CT molecular complexity index is 676. The molecule has 2 saturated heterocycles. The van der Waals surface area contributed by atoms with Crippen LogP contribution >= 0.6 is 0 Å². The van der Waals surface area contributed by atoms with Crippen molar-refractivity contribution in [3.8, 4) is 0 Å². The fourth-order valence-electron chi connectivity index (χ4n) is 3.12. The van der Waals surface area contributed by atoms with Crippen LogP contribution in [-0.4, -0.2) is 52.3 Å². The van der Waals surface area contributed by atoms with Gasteiger partial charge in [-0.25, -0.2) is 4.98 Å². The molecule has 4 heterocycles. The highest BCUT2D eigenvalue weighted by Gasteiger charge is 2.42. The van der Waals surface area contributed by atoms with Gasteiger partial charge >= 0.3 is 0 Å². The summed E-state index contributed by atoms with van der Waals surface area (Å²) in [5.41, 5.74) is 1.43. The van der Waals surface area contributed by atoms with Crippen molar-refractivity contribution in [3.63, 3.8) is 0 Å². The fourth-order valence-corrected chi connectivity index (χ4v) is 3.12. The molecule has 2 fully saturated rings. The number of aromatic nitrogens is 2. The van der Waals surface area contributed by atoms with E-state index in [0.29, 0.717) is 25.3 Å². The number of pyridine rings is 1. The summed E-state index contributed by atoms with van der Waals surface area (Å²) < 4.78 is 13.3. The smallest absolute Gasteiger partial charge is 0.254 e. The third-order valence-electron chi connectivity index (χ3n) is 4.16. The molecule has 2 aliphatic heterocycles. The molecule has 0 atom stereocenters. The number of ether oxygens (including phenoxy) is 2. The average molecular weight is 287 g/mol. The summed E-state index contributed by atoms with van der Waals surface area (Å²) in [5, 5.41) is 0. The number of piperidine rings is 1. The molecule has 6 nitrogen and oxygen atoms in total. The minimum Gasteiger partial charge on any atom is -0.346 e. The molecular weight excluding hydrogens is 270 g/mol. The zero-order chi connectivity index (χ0) is 14.3. The lowest BCUT2D eigenvalue weighted by Gasteiger charge is -2.38. The van der Waals surface area contributed by atoms with Crippen LogP contribution in [0.5, 0.6) is 0 Å². The molecule has 2 aliphatic rings. The summed E-state index contributed by atoms with van der Waals surface area (Å²) in [6.07, 6.45) is 7.20. The van der Waals surface area contributed by atoms with E-state index in [4.69, 9.17) is 9.47 Å². The molecule has 21 heavy (non-hydrogen) atoms. The number of fused-ring (bicyclic) bond motifs is 1. The van der Waals surface area contributed by atoms with Gasteiger partial charge in [0.2, 0.25) is 0 Å². The maximum atomic E-state index is 12.7. The van der Waals surface area contributed by atoms with Crippen molar-refractivity contribution in [2.75, 3.05) is 26.3 Å². The first kappa shape index (κ1) is 12.8. The molecule has 4 rings (SSSR count). The Morgan fingerprint density at radius 1 is 1.29 bits per heavy atom. The molecule has 0 N–H and O–H groups in total. The minimum atomic E-state index is -0.578. The van der Waals surface area contributed by atoms with E-state index in [0.717, 1.165) is 25.0 Å². The van der Waals surface area contributed by atoms with Crippen LogP contribution in [0.4, 0.5) is 0 Å². The van der Waals surface area contributed by atoms with Gasteiger partial charge in [-0.15, -0.1) is 0 Å². The first-order valence-electron chi connectivity index (χ1n) is 7.26. The number of amides is 1. The predicted molar refractivity (Wildman–Crippen MR) is 75.0 cm³/mol. The van der Waals surface area contributed by atoms with Gasteiger partial charge in [0.25, 0.3) is 5.91 Å². The molecule has 0 aliphatic carbocycles. The number of imidazole rings is 1. The van der Waals surface area contributed by atoms with Crippen LogP contribution in [0.25, 0.3) is 5.65 Å². The van der Waals surface area contributed by atoms with Crippen LogP contribution in [0.15, 0.2) is 30.7 Å². The van der Waals surface area contributed by atoms with Crippen LogP contribution in [0, 0.1) is 0 Å². The van der Waals surface area contributed by atoms with Gasteiger partial charge in [-0.2, -0.15) is 0 Å². The summed E-state index contributed by atoms with van der Waals surface area (Å²) in [5.74, 6) is -0.565. The van der Waals surface area contributed by atoms with E-state index in [1.165, 1.54) is 0 Å². The molecule has 110 valence electrons. The highest BCUT2D eigenvalue weighted by molar-refractivity contribution is 5.95. The van der Waals surface area contributed by atoms with Crippen LogP contribution in [-0.2, 0) is 9.47 Å². The van der Waals surface area contributed by atoms with Gasteiger partial charge in [-0.05, 0) is 18.6 Å². The van der Waals surface area contributed by atoms with E-state index >= 15 is 0 Å². The second-order valence-corrected chi connectivity index (χ2v) is 5.55. The Hall–Kier alpha value is -1.92. The summed E-state index contributed by atoms with van der Waals surface area (Å²) in [4.78, 5) is 18.7. The topological polar surface area (TPSA) is 56.1 Å². The minimum absolute atomic E-state index is 0.0127. The van der Waals surface area contributed by atoms with Gasteiger partial charge < -0.3 is 18.8 Å². The highest BCUT2D eigenvalue weighted by Crippen LogP contribution is 2.30. The zero-order valence-corrected chi connectivity index (χ0v) is 11.7. The van der Waals surface area contributed by atoms with Crippen molar-refractivity contribution in [2.24, 2.45) is 0 Å². The largest absolute Gasteiger partial charge is 0.346 e. The molecule has 2 aromatic heterocycles. The van der Waals surface area contributed by atoms with Crippen LogP contribution in [0.2, 0.25) is 0 Å². The number of carbonyl (C=O) groups excluding carboxylic acids is 1. The van der Waals surface area contributed by atoms with E-state index < -0.39 is 5.79 Å². The van der Waals surface area contributed by atoms with Gasteiger partial charge in [0.1, 0.15) is 5.65 Å². The second kappa shape index (κ2) is 4.82. The number of nitrogens with zero attached hydrogens (tertiary/aromatic N) is 3. The summed E-state index contributed by atoms with van der Waals surface area (Å²) in [7, 11) is 0. The third kappa shape index (κ3) is 2.20. The van der Waals surface area contributed by atoms with Crippen molar-refractivity contribution in [1.29, 1.82) is 0 Å². The number of likely N-dealkylation sites (tertiary alicyclic amines) is 1. The van der Waals surface area contributed by atoms with Gasteiger partial charge in [0, 0.05) is 37.1 Å². The molecule has 0 unspecified atom stereocenters. The van der Waals surface area contributed by atoms with Crippen molar-refractivity contribution < 1.29 is 14.3 Å². The molecule has 1 amide bonds. The highest BCUT2D eigenvalue weighted by atomic mass is 16.7. The Balaban J connectivity index is 1.58. The standard InChI is InChI=1S/C15H17N3O3/c19-14(12-2-6-17-7-4-16-13(17)10-12)18-5-1-3-15(11-18)20-8-9-21-15/h2,4,6-7,10H,1,3,5,8-9,11H2. The summed E-state index contributed by atoms with van der Waals surface area (Å²) >= 11 is 0. The first-order chi connectivity index (χ1) is 10.3. The Kier molecular flexibility index (Phi) is 2.94. The van der Waals surface area contributed by atoms with Crippen LogP contribution in [0.3, 0.4) is 0 Å². The lowest BCUT2D eigenvalue weighted by molar-refractivity contribution is -0.183. The van der Waals surface area contributed by atoms with Crippen molar-refractivity contribution >= 4 is 11.6 Å². The lowest BCUT2D eigenvalue weighted by atomic mass is 10.0. The number of rotatable bonds is 1. The Labute approximate surface area is 122 Å². The van der Waals surface area contributed by atoms with E-state index in [2.05, 4.69) is 4.98 Å². The van der Waals surface area contributed by atoms with Crippen LogP contribution < -0.4 is 0 Å². The van der Waals surface area contributed by atoms with Crippen LogP contribution in [0.1, 0.15) is 23.2 Å². The van der Waals surface area contributed by atoms with E-state index in [-0.39, 0.29) is 5.91 Å². The Morgan fingerprint density at radius 3 is 3.00 bits per heavy atom. The number of hydrogen-bond donors (Lipinski definition) is 0. The van der Waals surface area contributed by atoms with E-state index in [1.54, 1.807) is 6.20 Å². The van der Waals surface area contributed by atoms with Gasteiger partial charge in [0.05, 0.1) is 19.8 Å². The molecule has 6 heteroatoms. The molecule has 2 aromatic rings. The monoisotopic (exact) mass is 287 g/mol. The molecule has 0 aromatic carbocycles. The quantitative estimate of drug-likeness (QED) is 0.793. The Morgan fingerprint density at radius 2 is 2.14 bits per heavy atom. The van der Waals surface area contributed by atoms with Gasteiger partial charge in [-0.1, -0.05) is 0 Å². The van der Waals surface area contributed by atoms with E-state index in [1.807, 2.05) is 33.8 Å². The van der Waals surface area contributed by atoms with Crippen molar-refractivity contribution in [3.05, 3.63) is 36.3 Å². The predicted octanol–water partition coefficient (Wildman–Crippen LogP) is 1.31. The summed E-state index contributed by atoms with van der Waals surface area (Å²) in [6, 6.07) is 3.65. The second-order valence-electron chi connectivity index (χ2n) is 5.55. The maximum Gasteiger partial charge on any atom is 0.254 e. The van der Waals surface area contributed by atoms with Crippen molar-refractivity contribution in [2.45, 2.75) is 18.6 Å². The number of carbonyl (C=O) groups is 1. The first-order valence-corrected chi connectivity index (χ1v) is 7.26. The number of hydrogen-bond acceptors (Lipinski definition) is 4. The molecule has 0 radical (unpaired) electrons. The normalized spacial score (nSPS) is 21.2. The van der Waals surface area contributed by atoms with E-state index in [9.17, 15) is 4.79 Å². The molecular formula is C15H17N3O3. The molecule has 1 spiro atoms. The lowest BCUT2D eigenvalue weighted by Crippen LogP contribution is -2.51. The summed E-state index contributed by atoms with van der Waals surface area (Å²) in [6.45, 7) is 2.47. The third-order valence-corrected chi connectivity index (χ3v) is 4.16. The zero-order valence-electron chi connectivity index (χ0n) is 11.7. The van der Waals surface area contributed by atoms with Crippen molar-refractivity contribution in [1.82, 2.24) is 14.3 Å². The van der Waals surface area contributed by atoms with Gasteiger partial charge in [-0.3, -0.25) is 4.79 Å². The molecule has 0 saturated carbocycles. The maximum absolute atomic E-state index is 12.7. The fraction of sp³-hybridized carbons (Fsp3) is 0.467. The SMILES string of the molecule is O=C(c1ccn2ccnc2c1)N1CCCC2(C1)OCCO2. The average Bonchev–Trinajstić information content (AvgIpc) is 3.15. The molecule has 0 bridgehead atoms. The van der Waals surface area contributed by atoms with Gasteiger partial charge in [0.15, 0.2) is 5.79 Å².